The Morgan fingerprint density at radius 2 is 1.51 bits per heavy atom. The van der Waals surface area contributed by atoms with Crippen LogP contribution >= 0.6 is 23.2 Å². The Hall–Kier alpha value is -2.91. The van der Waals surface area contributed by atoms with Crippen LogP contribution in [-0.2, 0) is 39.1 Å². The Morgan fingerprint density at radius 3 is 2.14 bits per heavy atom. The Morgan fingerprint density at radius 1 is 0.892 bits per heavy atom. The van der Waals surface area contributed by atoms with E-state index in [0.29, 0.717) is 10.0 Å². The molecule has 0 saturated heterocycles. The van der Waals surface area contributed by atoms with Gasteiger partial charge in [0.2, 0.25) is 21.8 Å². The van der Waals surface area contributed by atoms with E-state index in [2.05, 4.69) is 5.32 Å². The second kappa shape index (κ2) is 13.1. The van der Waals surface area contributed by atoms with Crippen LogP contribution in [0, 0.1) is 0 Å². The molecule has 3 rings (SSSR count). The molecule has 37 heavy (non-hydrogen) atoms. The zero-order valence-electron chi connectivity index (χ0n) is 20.6. The van der Waals surface area contributed by atoms with Gasteiger partial charge in [0.15, 0.2) is 0 Å². The fourth-order valence-corrected chi connectivity index (χ4v) is 4.35. The highest BCUT2D eigenvalue weighted by molar-refractivity contribution is 7.88. The first-order chi connectivity index (χ1) is 17.5. The molecule has 2 amide bonds. The van der Waals surface area contributed by atoms with E-state index < -0.39 is 28.5 Å². The van der Waals surface area contributed by atoms with Gasteiger partial charge in [-0.2, -0.15) is 4.31 Å². The summed E-state index contributed by atoms with van der Waals surface area (Å²) in [5, 5.41) is 3.96. The highest BCUT2D eigenvalue weighted by Gasteiger charge is 2.32. The number of hydrogen-bond donors (Lipinski definition) is 1. The molecule has 0 radical (unpaired) electrons. The van der Waals surface area contributed by atoms with Crippen LogP contribution < -0.4 is 5.32 Å². The molecular formula is C27H29Cl2N3O4S. The molecule has 0 unspecified atom stereocenters. The average Bonchev–Trinajstić information content (AvgIpc) is 2.86. The Labute approximate surface area is 228 Å². The number of sulfonamides is 1. The minimum atomic E-state index is -3.61. The first kappa shape index (κ1) is 28.7. The molecule has 0 heterocycles. The van der Waals surface area contributed by atoms with Crippen LogP contribution in [0.5, 0.6) is 0 Å². The van der Waals surface area contributed by atoms with Crippen LogP contribution in [-0.4, -0.2) is 55.3 Å². The van der Waals surface area contributed by atoms with E-state index in [1.54, 1.807) is 36.4 Å². The van der Waals surface area contributed by atoms with E-state index in [1.807, 2.05) is 42.5 Å². The standard InChI is InChI=1S/C27H29Cl2N3O4S/c1-31(37(2,35)36)19-26(33)32(18-21-12-14-23(28)15-13-21)25(16-20-8-4-3-5-9-20)27(34)30-17-22-10-6-7-11-24(22)29/h3-15,25H,16-19H2,1-2H3,(H,30,34)/t25-/m1/s1. The van der Waals surface area contributed by atoms with Gasteiger partial charge in [0, 0.05) is 36.6 Å². The van der Waals surface area contributed by atoms with Gasteiger partial charge in [-0.1, -0.05) is 83.9 Å². The molecule has 0 saturated carbocycles. The third-order valence-corrected chi connectivity index (χ3v) is 7.75. The van der Waals surface area contributed by atoms with Crippen molar-refractivity contribution < 1.29 is 18.0 Å². The number of likely N-dealkylation sites (N-methyl/N-ethyl adjacent to an activating group) is 1. The van der Waals surface area contributed by atoms with Gasteiger partial charge in [-0.05, 0) is 34.9 Å². The lowest BCUT2D eigenvalue weighted by molar-refractivity contribution is -0.141. The third-order valence-electron chi connectivity index (χ3n) is 5.87. The van der Waals surface area contributed by atoms with Crippen molar-refractivity contribution in [3.8, 4) is 0 Å². The molecule has 3 aromatic carbocycles. The van der Waals surface area contributed by atoms with Gasteiger partial charge in [-0.3, -0.25) is 9.59 Å². The summed E-state index contributed by atoms with van der Waals surface area (Å²) in [5.74, 6) is -0.884. The zero-order valence-corrected chi connectivity index (χ0v) is 22.9. The van der Waals surface area contributed by atoms with Gasteiger partial charge in [0.05, 0.1) is 12.8 Å². The van der Waals surface area contributed by atoms with Crippen molar-refractivity contribution in [1.82, 2.24) is 14.5 Å². The van der Waals surface area contributed by atoms with Crippen molar-refractivity contribution in [2.75, 3.05) is 19.8 Å². The first-order valence-corrected chi connectivity index (χ1v) is 14.2. The maximum Gasteiger partial charge on any atom is 0.243 e. The van der Waals surface area contributed by atoms with Crippen LogP contribution in [0.4, 0.5) is 0 Å². The van der Waals surface area contributed by atoms with Crippen LogP contribution in [0.15, 0.2) is 78.9 Å². The van der Waals surface area contributed by atoms with Gasteiger partial charge in [-0.15, -0.1) is 0 Å². The predicted octanol–water partition coefficient (Wildman–Crippen LogP) is 4.14. The third kappa shape index (κ3) is 8.57. The van der Waals surface area contributed by atoms with Crippen molar-refractivity contribution >= 4 is 45.0 Å². The second-order valence-electron chi connectivity index (χ2n) is 8.68. The number of nitrogens with one attached hydrogen (secondary N) is 1. The quantitative estimate of drug-likeness (QED) is 0.381. The van der Waals surface area contributed by atoms with Crippen molar-refractivity contribution in [1.29, 1.82) is 0 Å². The summed E-state index contributed by atoms with van der Waals surface area (Å²) >= 11 is 12.3. The van der Waals surface area contributed by atoms with Gasteiger partial charge in [0.1, 0.15) is 6.04 Å². The number of carbonyl (C=O) groups excluding carboxylic acids is 2. The summed E-state index contributed by atoms with van der Waals surface area (Å²) in [7, 11) is -2.28. The summed E-state index contributed by atoms with van der Waals surface area (Å²) in [6, 6.07) is 22.5. The summed E-state index contributed by atoms with van der Waals surface area (Å²) in [4.78, 5) is 28.5. The van der Waals surface area contributed by atoms with E-state index in [0.717, 1.165) is 27.3 Å². The fourth-order valence-electron chi connectivity index (χ4n) is 3.68. The minimum absolute atomic E-state index is 0.0879. The number of amides is 2. The Kier molecular flexibility index (Phi) is 10.1. The second-order valence-corrected chi connectivity index (χ2v) is 11.6. The van der Waals surface area contributed by atoms with Gasteiger partial charge >= 0.3 is 0 Å². The smallest absolute Gasteiger partial charge is 0.243 e. The van der Waals surface area contributed by atoms with Crippen molar-refractivity contribution in [3.63, 3.8) is 0 Å². The SMILES string of the molecule is CN(CC(=O)N(Cc1ccc(Cl)cc1)[C@H](Cc1ccccc1)C(=O)NCc1ccccc1Cl)S(C)(=O)=O. The number of hydrogen-bond acceptors (Lipinski definition) is 4. The highest BCUT2D eigenvalue weighted by Crippen LogP contribution is 2.19. The molecule has 10 heteroatoms. The molecule has 0 bridgehead atoms. The monoisotopic (exact) mass is 561 g/mol. The molecule has 196 valence electrons. The van der Waals surface area contributed by atoms with Crippen LogP contribution in [0.2, 0.25) is 10.0 Å². The molecule has 0 aliphatic rings. The van der Waals surface area contributed by atoms with Crippen molar-refractivity contribution in [3.05, 3.63) is 106 Å². The van der Waals surface area contributed by atoms with Gasteiger partial charge in [0.25, 0.3) is 0 Å². The predicted molar refractivity (Wildman–Crippen MR) is 147 cm³/mol. The molecule has 0 aromatic heterocycles. The normalized spacial score (nSPS) is 12.2. The maximum absolute atomic E-state index is 13.6. The zero-order chi connectivity index (χ0) is 27.0. The molecule has 7 nitrogen and oxygen atoms in total. The van der Waals surface area contributed by atoms with Gasteiger partial charge in [-0.25, -0.2) is 8.42 Å². The van der Waals surface area contributed by atoms with Crippen LogP contribution in [0.25, 0.3) is 0 Å². The molecule has 0 fully saturated rings. The van der Waals surface area contributed by atoms with Crippen molar-refractivity contribution in [2.45, 2.75) is 25.6 Å². The Balaban J connectivity index is 1.95. The van der Waals surface area contributed by atoms with Crippen LogP contribution in [0.1, 0.15) is 16.7 Å². The van der Waals surface area contributed by atoms with Gasteiger partial charge < -0.3 is 10.2 Å². The summed E-state index contributed by atoms with van der Waals surface area (Å²) in [6.45, 7) is -0.143. The fraction of sp³-hybridized carbons (Fsp3) is 0.259. The molecule has 1 N–H and O–H groups in total. The van der Waals surface area contributed by atoms with E-state index in [1.165, 1.54) is 11.9 Å². The number of benzene rings is 3. The minimum Gasteiger partial charge on any atom is -0.350 e. The highest BCUT2D eigenvalue weighted by atomic mass is 35.5. The molecule has 0 aliphatic heterocycles. The summed E-state index contributed by atoms with van der Waals surface area (Å²) < 4.78 is 25.0. The molecule has 0 aliphatic carbocycles. The number of halogens is 2. The summed E-state index contributed by atoms with van der Waals surface area (Å²) in [6.07, 6.45) is 1.26. The van der Waals surface area contributed by atoms with E-state index in [4.69, 9.17) is 23.2 Å². The number of nitrogens with zero attached hydrogens (tertiary/aromatic N) is 2. The largest absolute Gasteiger partial charge is 0.350 e. The first-order valence-electron chi connectivity index (χ1n) is 11.5. The topological polar surface area (TPSA) is 86.8 Å². The van der Waals surface area contributed by atoms with E-state index in [9.17, 15) is 18.0 Å². The van der Waals surface area contributed by atoms with Crippen molar-refractivity contribution in [2.24, 2.45) is 0 Å². The average molecular weight is 563 g/mol. The lowest BCUT2D eigenvalue weighted by Gasteiger charge is -2.32. The molecular weight excluding hydrogens is 533 g/mol. The molecule has 1 atom stereocenters. The summed E-state index contributed by atoms with van der Waals surface area (Å²) in [5.41, 5.74) is 2.34. The molecule has 0 spiro atoms. The van der Waals surface area contributed by atoms with Crippen LogP contribution in [0.3, 0.4) is 0 Å². The van der Waals surface area contributed by atoms with E-state index >= 15 is 0 Å². The Bertz CT molecular complexity index is 1320. The lowest BCUT2D eigenvalue weighted by Crippen LogP contribution is -2.52. The molecule has 3 aromatic rings. The number of rotatable bonds is 11. The lowest BCUT2D eigenvalue weighted by atomic mass is 10.0. The van der Waals surface area contributed by atoms with E-state index in [-0.39, 0.29) is 25.4 Å². The maximum atomic E-state index is 13.6. The number of carbonyl (C=O) groups is 2.